The molecule has 106 valence electrons. The quantitative estimate of drug-likeness (QED) is 0.768. The molecule has 0 aliphatic rings. The van der Waals surface area contributed by atoms with Gasteiger partial charge in [-0.25, -0.2) is 9.78 Å². The third-order valence-corrected chi connectivity index (χ3v) is 3.38. The Kier molecular flexibility index (Phi) is 3.06. The summed E-state index contributed by atoms with van der Waals surface area (Å²) in [6.07, 6.45) is 1.69. The lowest BCUT2D eigenvalue weighted by molar-refractivity contribution is 0.0699. The van der Waals surface area contributed by atoms with Crippen LogP contribution in [0.25, 0.3) is 5.65 Å². The maximum atomic E-state index is 11.1. The average Bonchev–Trinajstić information content (AvgIpc) is 2.88. The fourth-order valence-corrected chi connectivity index (χ4v) is 2.28. The van der Waals surface area contributed by atoms with Crippen LogP contribution in [0.2, 0.25) is 0 Å². The first-order chi connectivity index (χ1) is 10.1. The lowest BCUT2D eigenvalue weighted by Crippen LogP contribution is -2.04. The maximum absolute atomic E-state index is 11.1. The van der Waals surface area contributed by atoms with Crippen molar-refractivity contribution in [2.45, 2.75) is 13.3 Å². The highest BCUT2D eigenvalue weighted by molar-refractivity contribution is 5.94. The number of aryl methyl sites for hydroxylation is 1. The zero-order valence-electron chi connectivity index (χ0n) is 11.3. The van der Waals surface area contributed by atoms with Gasteiger partial charge in [0.05, 0.1) is 6.20 Å². The third-order valence-electron chi connectivity index (χ3n) is 3.38. The molecule has 0 spiro atoms. The summed E-state index contributed by atoms with van der Waals surface area (Å²) in [6.45, 7) is 1.75. The molecule has 2 aromatic heterocycles. The second-order valence-corrected chi connectivity index (χ2v) is 4.76. The number of rotatable bonds is 3. The van der Waals surface area contributed by atoms with E-state index in [1.807, 2.05) is 30.3 Å². The van der Waals surface area contributed by atoms with Crippen molar-refractivity contribution in [2.24, 2.45) is 0 Å². The zero-order valence-corrected chi connectivity index (χ0v) is 11.3. The molecule has 2 N–H and O–H groups in total. The summed E-state index contributed by atoms with van der Waals surface area (Å²) in [5.74, 6) is -1.19. The van der Waals surface area contributed by atoms with Gasteiger partial charge in [0.2, 0.25) is 5.88 Å². The number of carboxylic acids is 1. The van der Waals surface area contributed by atoms with Gasteiger partial charge in [-0.05, 0) is 12.5 Å². The molecular weight excluding hydrogens is 270 g/mol. The van der Waals surface area contributed by atoms with Crippen LogP contribution in [0.5, 0.6) is 5.88 Å². The van der Waals surface area contributed by atoms with Crippen molar-refractivity contribution in [3.8, 4) is 5.88 Å². The number of carboxylic acid groups (broad SMARTS) is 1. The highest BCUT2D eigenvalue weighted by Gasteiger charge is 2.19. The van der Waals surface area contributed by atoms with Gasteiger partial charge in [0.25, 0.3) is 0 Å². The van der Waals surface area contributed by atoms with Crippen molar-refractivity contribution < 1.29 is 15.0 Å². The largest absolute Gasteiger partial charge is 0.493 e. The summed E-state index contributed by atoms with van der Waals surface area (Å²) in [6, 6.07) is 9.67. The van der Waals surface area contributed by atoms with Gasteiger partial charge in [0.1, 0.15) is 5.56 Å². The van der Waals surface area contributed by atoms with E-state index < -0.39 is 5.97 Å². The molecule has 0 bridgehead atoms. The number of hydrogen-bond donors (Lipinski definition) is 2. The first kappa shape index (κ1) is 13.1. The molecule has 1 aromatic carbocycles. The van der Waals surface area contributed by atoms with E-state index in [4.69, 9.17) is 5.11 Å². The van der Waals surface area contributed by atoms with Gasteiger partial charge in [-0.3, -0.25) is 0 Å². The maximum Gasteiger partial charge on any atom is 0.341 e. The smallest absolute Gasteiger partial charge is 0.341 e. The normalized spacial score (nSPS) is 10.9. The molecule has 3 aromatic rings. The summed E-state index contributed by atoms with van der Waals surface area (Å²) >= 11 is 0. The number of benzene rings is 1. The average molecular weight is 283 g/mol. The highest BCUT2D eigenvalue weighted by Crippen LogP contribution is 2.25. The van der Waals surface area contributed by atoms with Crippen LogP contribution in [0.15, 0.2) is 36.5 Å². The SMILES string of the molecule is Cc1nc2c(C(=O)O)cnn2c(O)c1Cc1ccccc1. The fourth-order valence-electron chi connectivity index (χ4n) is 2.28. The van der Waals surface area contributed by atoms with Crippen molar-refractivity contribution in [1.82, 2.24) is 14.6 Å². The Balaban J connectivity index is 2.14. The lowest BCUT2D eigenvalue weighted by Gasteiger charge is -2.09. The van der Waals surface area contributed by atoms with Crippen molar-refractivity contribution in [3.05, 3.63) is 58.9 Å². The van der Waals surface area contributed by atoms with E-state index in [1.54, 1.807) is 6.92 Å². The zero-order chi connectivity index (χ0) is 15.0. The second kappa shape index (κ2) is 4.90. The molecule has 0 amide bonds. The molecule has 0 fully saturated rings. The van der Waals surface area contributed by atoms with Crippen LogP contribution >= 0.6 is 0 Å². The summed E-state index contributed by atoms with van der Waals surface area (Å²) in [5, 5.41) is 23.3. The topological polar surface area (TPSA) is 87.7 Å². The molecule has 0 saturated carbocycles. The van der Waals surface area contributed by atoms with Crippen LogP contribution in [0, 0.1) is 6.92 Å². The molecular formula is C15H13N3O3. The van der Waals surface area contributed by atoms with E-state index in [0.29, 0.717) is 17.7 Å². The van der Waals surface area contributed by atoms with E-state index in [1.165, 1.54) is 6.20 Å². The van der Waals surface area contributed by atoms with E-state index in [9.17, 15) is 9.90 Å². The minimum absolute atomic E-state index is 0.0281. The number of carbonyl (C=O) groups is 1. The van der Waals surface area contributed by atoms with E-state index in [2.05, 4.69) is 10.1 Å². The van der Waals surface area contributed by atoms with Gasteiger partial charge in [-0.15, -0.1) is 0 Å². The molecule has 6 heteroatoms. The number of aromatic carboxylic acids is 1. The molecule has 0 unspecified atom stereocenters. The minimum atomic E-state index is -1.12. The second-order valence-electron chi connectivity index (χ2n) is 4.76. The van der Waals surface area contributed by atoms with Crippen molar-refractivity contribution in [3.63, 3.8) is 0 Å². The van der Waals surface area contributed by atoms with Crippen LogP contribution in [-0.2, 0) is 6.42 Å². The Morgan fingerprint density at radius 1 is 1.29 bits per heavy atom. The van der Waals surface area contributed by atoms with Crippen molar-refractivity contribution >= 4 is 11.6 Å². The first-order valence-electron chi connectivity index (χ1n) is 6.41. The molecule has 3 rings (SSSR count). The summed E-state index contributed by atoms with van der Waals surface area (Å²) < 4.78 is 1.16. The predicted octanol–water partition coefficient (Wildman–Crippen LogP) is 2.03. The van der Waals surface area contributed by atoms with Crippen LogP contribution in [0.4, 0.5) is 0 Å². The van der Waals surface area contributed by atoms with E-state index in [0.717, 1.165) is 10.1 Å². The van der Waals surface area contributed by atoms with Gasteiger partial charge in [0, 0.05) is 17.7 Å². The van der Waals surface area contributed by atoms with Crippen LogP contribution in [0.1, 0.15) is 27.2 Å². The fraction of sp³-hybridized carbons (Fsp3) is 0.133. The van der Waals surface area contributed by atoms with Gasteiger partial charge >= 0.3 is 5.97 Å². The third kappa shape index (κ3) is 2.20. The first-order valence-corrected chi connectivity index (χ1v) is 6.41. The standard InChI is InChI=1S/C15H13N3O3/c1-9-11(7-10-5-3-2-4-6-10)14(19)18-13(17-9)12(8-16-18)15(20)21/h2-6,8,19H,7H2,1H3,(H,20,21). The molecule has 0 radical (unpaired) electrons. The van der Waals surface area contributed by atoms with Crippen LogP contribution < -0.4 is 0 Å². The molecule has 0 atom stereocenters. The summed E-state index contributed by atoms with van der Waals surface area (Å²) in [4.78, 5) is 15.4. The van der Waals surface area contributed by atoms with Crippen LogP contribution in [0.3, 0.4) is 0 Å². The van der Waals surface area contributed by atoms with E-state index in [-0.39, 0.29) is 17.1 Å². The highest BCUT2D eigenvalue weighted by atomic mass is 16.4. The molecule has 2 heterocycles. The number of fused-ring (bicyclic) bond motifs is 1. The van der Waals surface area contributed by atoms with E-state index >= 15 is 0 Å². The monoisotopic (exact) mass is 283 g/mol. The molecule has 6 nitrogen and oxygen atoms in total. The Bertz CT molecular complexity index is 825. The Hall–Kier alpha value is -2.89. The van der Waals surface area contributed by atoms with Gasteiger partial charge < -0.3 is 10.2 Å². The molecule has 0 aliphatic heterocycles. The van der Waals surface area contributed by atoms with Gasteiger partial charge in [-0.2, -0.15) is 9.61 Å². The van der Waals surface area contributed by atoms with Crippen LogP contribution in [-0.4, -0.2) is 30.8 Å². The van der Waals surface area contributed by atoms with Crippen molar-refractivity contribution in [1.29, 1.82) is 0 Å². The summed E-state index contributed by atoms with van der Waals surface area (Å²) in [5.41, 5.74) is 2.37. The number of aromatic nitrogens is 3. The predicted molar refractivity (Wildman–Crippen MR) is 75.6 cm³/mol. The van der Waals surface area contributed by atoms with Gasteiger partial charge in [-0.1, -0.05) is 30.3 Å². The Morgan fingerprint density at radius 2 is 2.00 bits per heavy atom. The minimum Gasteiger partial charge on any atom is -0.493 e. The Morgan fingerprint density at radius 3 is 2.67 bits per heavy atom. The number of nitrogens with zero attached hydrogens (tertiary/aromatic N) is 3. The lowest BCUT2D eigenvalue weighted by atomic mass is 10.0. The molecule has 0 aliphatic carbocycles. The van der Waals surface area contributed by atoms with Gasteiger partial charge in [0.15, 0.2) is 5.65 Å². The number of hydrogen-bond acceptors (Lipinski definition) is 4. The van der Waals surface area contributed by atoms with Crippen molar-refractivity contribution in [2.75, 3.05) is 0 Å². The molecule has 0 saturated heterocycles. The summed E-state index contributed by atoms with van der Waals surface area (Å²) in [7, 11) is 0. The number of aromatic hydroxyl groups is 1. The molecule has 21 heavy (non-hydrogen) atoms. The Labute approximate surface area is 120 Å².